The number of aromatic nitrogens is 4. The van der Waals surface area contributed by atoms with Crippen molar-refractivity contribution in [1.29, 1.82) is 0 Å². The Balaban J connectivity index is 1.52. The van der Waals surface area contributed by atoms with Gasteiger partial charge < -0.3 is 4.74 Å². The van der Waals surface area contributed by atoms with E-state index in [1.165, 1.54) is 4.40 Å². The van der Waals surface area contributed by atoms with Crippen LogP contribution in [0, 0.1) is 13.8 Å². The highest BCUT2D eigenvalue weighted by molar-refractivity contribution is 6.30. The lowest BCUT2D eigenvalue weighted by atomic mass is 10.1. The Morgan fingerprint density at radius 3 is 2.57 bits per heavy atom. The average Bonchev–Trinajstić information content (AvgIpc) is 3.24. The summed E-state index contributed by atoms with van der Waals surface area (Å²) < 4.78 is 8.93. The van der Waals surface area contributed by atoms with Crippen molar-refractivity contribution >= 4 is 23.0 Å². The predicted octanol–water partition coefficient (Wildman–Crippen LogP) is 5.08. The van der Waals surface area contributed by atoms with E-state index < -0.39 is 0 Å². The third kappa shape index (κ3) is 4.34. The number of fused-ring (bicyclic) bond motifs is 1. The second-order valence-electron chi connectivity index (χ2n) is 8.08. The van der Waals surface area contributed by atoms with Crippen molar-refractivity contribution in [1.82, 2.24) is 19.2 Å². The summed E-state index contributed by atoms with van der Waals surface area (Å²) in [7, 11) is 0. The van der Waals surface area contributed by atoms with Gasteiger partial charge in [0, 0.05) is 22.5 Å². The molecular formula is C27H21ClN4O3. The first kappa shape index (κ1) is 22.6. The maximum atomic E-state index is 13.5. The third-order valence-corrected chi connectivity index (χ3v) is 5.89. The van der Waals surface area contributed by atoms with Crippen molar-refractivity contribution in [2.75, 3.05) is 6.61 Å². The molecule has 0 spiro atoms. The van der Waals surface area contributed by atoms with E-state index in [4.69, 9.17) is 16.3 Å². The standard InChI is InChI=1S/C27H21ClN4O3/c1-17-14-22(30-32(17)21-11-6-10-20(28)15-21)25-18(2)29-26-24(12-7-13-31(26)27(25)34)35-16-23(33)19-8-4-3-5-9-19/h3-15H,16H2,1-2H3. The molecule has 3 heterocycles. The molecule has 5 rings (SSSR count). The maximum Gasteiger partial charge on any atom is 0.267 e. The number of pyridine rings is 1. The molecule has 0 aliphatic heterocycles. The second-order valence-corrected chi connectivity index (χ2v) is 8.52. The Labute approximate surface area is 206 Å². The van der Waals surface area contributed by atoms with Crippen LogP contribution in [-0.4, -0.2) is 31.6 Å². The minimum atomic E-state index is -0.275. The van der Waals surface area contributed by atoms with Gasteiger partial charge >= 0.3 is 0 Å². The molecule has 174 valence electrons. The number of halogens is 1. The smallest absolute Gasteiger partial charge is 0.267 e. The van der Waals surface area contributed by atoms with Crippen LogP contribution in [0.4, 0.5) is 0 Å². The minimum absolute atomic E-state index is 0.162. The van der Waals surface area contributed by atoms with Crippen molar-refractivity contribution in [2.24, 2.45) is 0 Å². The summed E-state index contributed by atoms with van der Waals surface area (Å²) in [6, 6.07) is 21.5. The van der Waals surface area contributed by atoms with Crippen LogP contribution >= 0.6 is 11.6 Å². The molecule has 7 nitrogen and oxygen atoms in total. The summed E-state index contributed by atoms with van der Waals surface area (Å²) in [4.78, 5) is 30.6. The number of hydrogen-bond acceptors (Lipinski definition) is 5. The molecule has 0 aliphatic rings. The molecule has 3 aromatic heterocycles. The van der Waals surface area contributed by atoms with Gasteiger partial charge in [-0.2, -0.15) is 5.10 Å². The highest BCUT2D eigenvalue weighted by atomic mass is 35.5. The van der Waals surface area contributed by atoms with Gasteiger partial charge in [-0.1, -0.05) is 48.0 Å². The van der Waals surface area contributed by atoms with Crippen LogP contribution in [0.1, 0.15) is 21.7 Å². The van der Waals surface area contributed by atoms with Gasteiger partial charge in [-0.05, 0) is 50.2 Å². The van der Waals surface area contributed by atoms with Crippen molar-refractivity contribution < 1.29 is 9.53 Å². The lowest BCUT2D eigenvalue weighted by molar-refractivity contribution is 0.0922. The van der Waals surface area contributed by atoms with Gasteiger partial charge in [-0.25, -0.2) is 9.67 Å². The van der Waals surface area contributed by atoms with E-state index in [1.807, 2.05) is 37.3 Å². The number of nitrogens with zero attached hydrogens (tertiary/aromatic N) is 4. The monoisotopic (exact) mass is 484 g/mol. The number of ether oxygens (including phenoxy) is 1. The molecule has 8 heteroatoms. The summed E-state index contributed by atoms with van der Waals surface area (Å²) in [5.74, 6) is 0.189. The molecule has 0 bridgehead atoms. The van der Waals surface area contributed by atoms with Crippen molar-refractivity contribution in [3.63, 3.8) is 0 Å². The van der Waals surface area contributed by atoms with Gasteiger partial charge in [0.2, 0.25) is 0 Å². The van der Waals surface area contributed by atoms with Gasteiger partial charge in [0.1, 0.15) is 5.69 Å². The largest absolute Gasteiger partial charge is 0.482 e. The normalized spacial score (nSPS) is 11.1. The molecule has 0 saturated carbocycles. The molecule has 5 aromatic rings. The summed E-state index contributed by atoms with van der Waals surface area (Å²) in [5, 5.41) is 5.26. The molecule has 35 heavy (non-hydrogen) atoms. The Morgan fingerprint density at radius 1 is 1.00 bits per heavy atom. The van der Waals surface area contributed by atoms with Gasteiger partial charge in [0.05, 0.1) is 16.9 Å². The van der Waals surface area contributed by atoms with Gasteiger partial charge in [-0.15, -0.1) is 0 Å². The summed E-state index contributed by atoms with van der Waals surface area (Å²) in [5.41, 5.74) is 3.68. The number of Topliss-reactive ketones (excluding diaryl/α,β-unsaturated/α-hetero) is 1. The van der Waals surface area contributed by atoms with Crippen LogP contribution in [-0.2, 0) is 0 Å². The Morgan fingerprint density at radius 2 is 1.80 bits per heavy atom. The first-order chi connectivity index (χ1) is 16.9. The SMILES string of the molecule is Cc1nc2c(OCC(=O)c3ccccc3)cccn2c(=O)c1-c1cc(C)n(-c2cccc(Cl)c2)n1. The van der Waals surface area contributed by atoms with E-state index in [1.54, 1.807) is 60.3 Å². The molecule has 0 fully saturated rings. The van der Waals surface area contributed by atoms with E-state index >= 15 is 0 Å². The number of aryl methyl sites for hydroxylation is 2. The summed E-state index contributed by atoms with van der Waals surface area (Å²) >= 11 is 6.14. The van der Waals surface area contributed by atoms with Crippen LogP contribution in [0.25, 0.3) is 22.6 Å². The van der Waals surface area contributed by atoms with Gasteiger partial charge in [-0.3, -0.25) is 14.0 Å². The molecule has 2 aromatic carbocycles. The fourth-order valence-corrected chi connectivity index (χ4v) is 4.15. The van der Waals surface area contributed by atoms with Crippen molar-refractivity contribution in [2.45, 2.75) is 13.8 Å². The number of hydrogen-bond donors (Lipinski definition) is 0. The molecular weight excluding hydrogens is 464 g/mol. The van der Waals surface area contributed by atoms with E-state index in [0.29, 0.717) is 38.9 Å². The van der Waals surface area contributed by atoms with Crippen LogP contribution in [0.2, 0.25) is 5.02 Å². The number of rotatable bonds is 6. The minimum Gasteiger partial charge on any atom is -0.482 e. The highest BCUT2D eigenvalue weighted by Gasteiger charge is 2.19. The lowest BCUT2D eigenvalue weighted by Crippen LogP contribution is -2.20. The molecule has 0 unspecified atom stereocenters. The lowest BCUT2D eigenvalue weighted by Gasteiger charge is -2.11. The molecule has 0 saturated heterocycles. The number of carbonyl (C=O) groups is 1. The van der Waals surface area contributed by atoms with Crippen LogP contribution in [0.15, 0.2) is 83.8 Å². The van der Waals surface area contributed by atoms with Crippen molar-refractivity contribution in [3.8, 4) is 22.7 Å². The zero-order valence-corrected chi connectivity index (χ0v) is 19.9. The molecule has 0 aliphatic carbocycles. The zero-order valence-electron chi connectivity index (χ0n) is 19.1. The summed E-state index contributed by atoms with van der Waals surface area (Å²) in [6.07, 6.45) is 1.63. The van der Waals surface area contributed by atoms with Gasteiger partial charge in [0.15, 0.2) is 23.8 Å². The topological polar surface area (TPSA) is 78.5 Å². The molecule has 0 atom stereocenters. The fraction of sp³-hybridized carbons (Fsp3) is 0.111. The first-order valence-electron chi connectivity index (χ1n) is 11.0. The predicted molar refractivity (Wildman–Crippen MR) is 135 cm³/mol. The Kier molecular flexibility index (Phi) is 5.93. The molecule has 0 radical (unpaired) electrons. The van der Waals surface area contributed by atoms with Gasteiger partial charge in [0.25, 0.3) is 5.56 Å². The number of benzene rings is 2. The molecule has 0 N–H and O–H groups in total. The zero-order chi connectivity index (χ0) is 24.5. The molecule has 0 amide bonds. The van der Waals surface area contributed by atoms with Crippen LogP contribution < -0.4 is 10.3 Å². The van der Waals surface area contributed by atoms with Crippen LogP contribution in [0.3, 0.4) is 0 Å². The second kappa shape index (κ2) is 9.19. The fourth-order valence-electron chi connectivity index (χ4n) is 3.97. The number of ketones is 1. The summed E-state index contributed by atoms with van der Waals surface area (Å²) in [6.45, 7) is 3.51. The first-order valence-corrected chi connectivity index (χ1v) is 11.4. The van der Waals surface area contributed by atoms with E-state index in [9.17, 15) is 9.59 Å². The Bertz CT molecular complexity index is 1620. The average molecular weight is 485 g/mol. The third-order valence-electron chi connectivity index (χ3n) is 5.65. The Hall–Kier alpha value is -4.23. The highest BCUT2D eigenvalue weighted by Crippen LogP contribution is 2.25. The van der Waals surface area contributed by atoms with E-state index in [0.717, 1.165) is 11.4 Å². The maximum absolute atomic E-state index is 13.5. The number of carbonyl (C=O) groups excluding carboxylic acids is 1. The van der Waals surface area contributed by atoms with E-state index in [-0.39, 0.29) is 17.9 Å². The van der Waals surface area contributed by atoms with Crippen molar-refractivity contribution in [3.05, 3.63) is 111 Å². The van der Waals surface area contributed by atoms with E-state index in [2.05, 4.69) is 10.1 Å². The quantitative estimate of drug-likeness (QED) is 0.314. The van der Waals surface area contributed by atoms with Crippen LogP contribution in [0.5, 0.6) is 5.75 Å².